The molecule has 0 radical (unpaired) electrons. The zero-order chi connectivity index (χ0) is 18.0. The van der Waals surface area contributed by atoms with Gasteiger partial charge in [-0.25, -0.2) is 4.98 Å². The summed E-state index contributed by atoms with van der Waals surface area (Å²) < 4.78 is 5.19. The van der Waals surface area contributed by atoms with Gasteiger partial charge in [0, 0.05) is 22.7 Å². The molecule has 0 unspecified atom stereocenters. The molecule has 7 nitrogen and oxygen atoms in total. The van der Waals surface area contributed by atoms with E-state index in [1.807, 2.05) is 0 Å². The summed E-state index contributed by atoms with van der Waals surface area (Å²) >= 11 is 11.8. The van der Waals surface area contributed by atoms with Gasteiger partial charge >= 0.3 is 5.95 Å². The Balaban J connectivity index is 1.91. The molecular weight excluding hydrogens is 369 g/mol. The number of rotatable bonds is 4. The minimum absolute atomic E-state index is 0.0625. The first-order chi connectivity index (χ1) is 11.9. The van der Waals surface area contributed by atoms with Gasteiger partial charge in [0.2, 0.25) is 5.89 Å². The Hall–Kier alpha value is -2.90. The van der Waals surface area contributed by atoms with E-state index in [0.717, 1.165) is 0 Å². The highest BCUT2D eigenvalue weighted by atomic mass is 35.5. The largest absolute Gasteiger partial charge is 0.479 e. The average molecular weight is 378 g/mol. The van der Waals surface area contributed by atoms with E-state index in [9.17, 15) is 15.2 Å². The standard InChI is InChI=1S/C16H9Cl2N3O4/c17-10-3-1-9(2-4-10)15-20-14(16(22)25-15)8-19-13-7-11(21(23)24)5-6-12(13)18/h1-8,22H. The molecular formula is C16H9Cl2N3O4. The Morgan fingerprint density at radius 3 is 2.60 bits per heavy atom. The maximum Gasteiger partial charge on any atom is 0.312 e. The molecule has 1 N–H and O–H groups in total. The number of aromatic hydroxyl groups is 1. The molecule has 0 bridgehead atoms. The second-order valence-electron chi connectivity index (χ2n) is 4.87. The van der Waals surface area contributed by atoms with Crippen LogP contribution in [0.1, 0.15) is 5.69 Å². The molecule has 0 aliphatic carbocycles. The third-order valence-electron chi connectivity index (χ3n) is 3.19. The zero-order valence-corrected chi connectivity index (χ0v) is 13.9. The highest BCUT2D eigenvalue weighted by Crippen LogP contribution is 2.30. The molecule has 0 saturated carbocycles. The predicted molar refractivity (Wildman–Crippen MR) is 94.0 cm³/mol. The second-order valence-corrected chi connectivity index (χ2v) is 5.71. The van der Waals surface area contributed by atoms with Crippen molar-refractivity contribution in [2.45, 2.75) is 0 Å². The van der Waals surface area contributed by atoms with Crippen molar-refractivity contribution in [1.82, 2.24) is 4.98 Å². The first-order valence-electron chi connectivity index (χ1n) is 6.88. The van der Waals surface area contributed by atoms with E-state index in [1.54, 1.807) is 24.3 Å². The van der Waals surface area contributed by atoms with E-state index in [1.165, 1.54) is 24.4 Å². The molecule has 1 aromatic heterocycles. The lowest BCUT2D eigenvalue weighted by molar-refractivity contribution is -0.384. The highest BCUT2D eigenvalue weighted by Gasteiger charge is 2.13. The number of aliphatic imine (C=N–C) groups is 1. The minimum Gasteiger partial charge on any atom is -0.479 e. The first kappa shape index (κ1) is 16.9. The molecule has 126 valence electrons. The molecule has 3 rings (SSSR count). The Morgan fingerprint density at radius 1 is 1.20 bits per heavy atom. The number of benzene rings is 2. The molecule has 0 saturated heterocycles. The summed E-state index contributed by atoms with van der Waals surface area (Å²) in [5.41, 5.74) is 0.703. The number of aromatic nitrogens is 1. The topological polar surface area (TPSA) is 102 Å². The molecule has 0 fully saturated rings. The van der Waals surface area contributed by atoms with Crippen LogP contribution in [0.15, 0.2) is 51.9 Å². The Morgan fingerprint density at radius 2 is 1.92 bits per heavy atom. The van der Waals surface area contributed by atoms with E-state index in [-0.39, 0.29) is 28.0 Å². The van der Waals surface area contributed by atoms with E-state index in [2.05, 4.69) is 9.98 Å². The van der Waals surface area contributed by atoms with Gasteiger partial charge in [0.1, 0.15) is 0 Å². The fourth-order valence-electron chi connectivity index (χ4n) is 1.97. The number of nitrogens with zero attached hydrogens (tertiary/aromatic N) is 3. The molecule has 25 heavy (non-hydrogen) atoms. The summed E-state index contributed by atoms with van der Waals surface area (Å²) in [6.07, 6.45) is 1.21. The maximum atomic E-state index is 10.8. The van der Waals surface area contributed by atoms with Crippen LogP contribution in [0, 0.1) is 10.1 Å². The van der Waals surface area contributed by atoms with Gasteiger partial charge < -0.3 is 9.52 Å². The monoisotopic (exact) mass is 377 g/mol. The zero-order valence-electron chi connectivity index (χ0n) is 12.4. The number of nitro benzene ring substituents is 1. The van der Waals surface area contributed by atoms with Crippen LogP contribution in [0.3, 0.4) is 0 Å². The molecule has 0 spiro atoms. The van der Waals surface area contributed by atoms with Gasteiger partial charge in [-0.05, 0) is 30.3 Å². The molecule has 0 aliphatic heterocycles. The van der Waals surface area contributed by atoms with Gasteiger partial charge in [-0.1, -0.05) is 23.2 Å². The highest BCUT2D eigenvalue weighted by molar-refractivity contribution is 6.33. The summed E-state index contributed by atoms with van der Waals surface area (Å²) in [6.45, 7) is 0. The van der Waals surface area contributed by atoms with Crippen LogP contribution in [-0.2, 0) is 0 Å². The Kier molecular flexibility index (Phi) is 4.69. The van der Waals surface area contributed by atoms with E-state index in [4.69, 9.17) is 27.6 Å². The minimum atomic E-state index is -0.554. The quantitative estimate of drug-likeness (QED) is 0.390. The SMILES string of the molecule is O=[N+]([O-])c1ccc(Cl)c(N=Cc2nc(-c3ccc(Cl)cc3)oc2O)c1. The number of oxazole rings is 1. The van der Waals surface area contributed by atoms with Crippen molar-refractivity contribution >= 4 is 40.8 Å². The molecule has 3 aromatic rings. The summed E-state index contributed by atoms with van der Waals surface area (Å²) in [5.74, 6) is -0.254. The maximum absolute atomic E-state index is 10.8. The van der Waals surface area contributed by atoms with Crippen molar-refractivity contribution in [3.63, 3.8) is 0 Å². The van der Waals surface area contributed by atoms with Crippen molar-refractivity contribution in [2.75, 3.05) is 0 Å². The van der Waals surface area contributed by atoms with Gasteiger partial charge in [0.05, 0.1) is 21.8 Å². The van der Waals surface area contributed by atoms with Crippen molar-refractivity contribution < 1.29 is 14.4 Å². The number of halogens is 2. The molecule has 2 aromatic carbocycles. The summed E-state index contributed by atoms with van der Waals surface area (Å²) in [4.78, 5) is 18.4. The van der Waals surface area contributed by atoms with E-state index in [0.29, 0.717) is 10.6 Å². The molecule has 1 heterocycles. The summed E-state index contributed by atoms with van der Waals surface area (Å²) in [7, 11) is 0. The lowest BCUT2D eigenvalue weighted by Gasteiger charge is -1.97. The van der Waals surface area contributed by atoms with Crippen molar-refractivity contribution in [3.05, 3.63) is 68.3 Å². The second kappa shape index (κ2) is 6.92. The van der Waals surface area contributed by atoms with Crippen LogP contribution < -0.4 is 0 Å². The molecule has 0 aliphatic rings. The van der Waals surface area contributed by atoms with Gasteiger partial charge in [0.15, 0.2) is 5.69 Å². The van der Waals surface area contributed by atoms with Crippen LogP contribution in [0.4, 0.5) is 11.4 Å². The summed E-state index contributed by atoms with van der Waals surface area (Å²) in [6, 6.07) is 10.6. The third-order valence-corrected chi connectivity index (χ3v) is 3.76. The fraction of sp³-hybridized carbons (Fsp3) is 0. The number of hydrogen-bond acceptors (Lipinski definition) is 6. The number of nitro groups is 1. The van der Waals surface area contributed by atoms with Crippen LogP contribution in [0.5, 0.6) is 5.95 Å². The van der Waals surface area contributed by atoms with Gasteiger partial charge in [-0.2, -0.15) is 0 Å². The van der Waals surface area contributed by atoms with Crippen LogP contribution >= 0.6 is 23.2 Å². The number of non-ortho nitro benzene ring substituents is 1. The Labute approximate surface area is 151 Å². The number of hydrogen-bond donors (Lipinski definition) is 1. The van der Waals surface area contributed by atoms with Crippen molar-refractivity contribution in [1.29, 1.82) is 0 Å². The van der Waals surface area contributed by atoms with Crippen LogP contribution in [0.2, 0.25) is 10.0 Å². The van der Waals surface area contributed by atoms with Crippen molar-refractivity contribution in [3.8, 4) is 17.4 Å². The third kappa shape index (κ3) is 3.78. The van der Waals surface area contributed by atoms with Gasteiger partial charge in [-0.15, -0.1) is 0 Å². The lowest BCUT2D eigenvalue weighted by atomic mass is 10.2. The predicted octanol–water partition coefficient (Wildman–Crippen LogP) is 5.01. The molecule has 0 atom stereocenters. The van der Waals surface area contributed by atoms with Crippen LogP contribution in [-0.4, -0.2) is 21.2 Å². The normalized spacial score (nSPS) is 11.1. The lowest BCUT2D eigenvalue weighted by Crippen LogP contribution is -1.87. The molecule has 0 amide bonds. The molecule has 9 heteroatoms. The smallest absolute Gasteiger partial charge is 0.312 e. The Bertz CT molecular complexity index is 968. The van der Waals surface area contributed by atoms with Crippen LogP contribution in [0.25, 0.3) is 11.5 Å². The average Bonchev–Trinajstić information content (AvgIpc) is 2.95. The van der Waals surface area contributed by atoms with Gasteiger partial charge in [-0.3, -0.25) is 15.1 Å². The van der Waals surface area contributed by atoms with E-state index < -0.39 is 10.9 Å². The fourth-order valence-corrected chi connectivity index (χ4v) is 2.26. The van der Waals surface area contributed by atoms with Gasteiger partial charge in [0.25, 0.3) is 5.69 Å². The first-order valence-corrected chi connectivity index (χ1v) is 7.63. The summed E-state index contributed by atoms with van der Waals surface area (Å²) in [5, 5.41) is 21.4. The van der Waals surface area contributed by atoms with E-state index >= 15 is 0 Å². The van der Waals surface area contributed by atoms with Crippen molar-refractivity contribution in [2.24, 2.45) is 4.99 Å².